The maximum absolute atomic E-state index is 12.6. The lowest BCUT2D eigenvalue weighted by Crippen LogP contribution is -2.41. The first-order valence-electron chi connectivity index (χ1n) is 6.23. The molecule has 5 heteroatoms. The van der Waals surface area contributed by atoms with Crippen molar-refractivity contribution in [3.05, 3.63) is 35.7 Å². The highest BCUT2D eigenvalue weighted by Gasteiger charge is 2.37. The molecule has 0 aromatic rings. The zero-order valence-corrected chi connectivity index (χ0v) is 12.9. The standard InChI is InChI=1S/C14H21NO3S/c1-6-18-13(16)12-11(2)9-7-8-10-15(12)19(17)14(3,4)5/h7-10H,6H2,1-5H3/t19-/m0/s1. The molecule has 1 heterocycles. The van der Waals surface area contributed by atoms with Crippen molar-refractivity contribution >= 4 is 17.3 Å². The van der Waals surface area contributed by atoms with Crippen LogP contribution in [0.4, 0.5) is 0 Å². The highest BCUT2D eigenvalue weighted by Crippen LogP contribution is 2.28. The number of carbonyl (C=O) groups excluding carboxylic acids is 1. The molecular weight excluding hydrogens is 262 g/mol. The van der Waals surface area contributed by atoms with Crippen molar-refractivity contribution in [2.45, 2.75) is 39.4 Å². The van der Waals surface area contributed by atoms with E-state index in [1.807, 2.05) is 39.8 Å². The zero-order chi connectivity index (χ0) is 14.6. The van der Waals surface area contributed by atoms with Crippen molar-refractivity contribution < 1.29 is 14.1 Å². The van der Waals surface area contributed by atoms with Crippen LogP contribution in [-0.2, 0) is 20.9 Å². The minimum absolute atomic E-state index is 0.291. The van der Waals surface area contributed by atoms with Gasteiger partial charge in [-0.2, -0.15) is 4.31 Å². The van der Waals surface area contributed by atoms with Gasteiger partial charge in [-0.15, -0.1) is 0 Å². The van der Waals surface area contributed by atoms with Gasteiger partial charge in [0.1, 0.15) is 4.75 Å². The van der Waals surface area contributed by atoms with Crippen LogP contribution in [0.1, 0.15) is 34.6 Å². The Morgan fingerprint density at radius 2 is 2.05 bits per heavy atom. The summed E-state index contributed by atoms with van der Waals surface area (Å²) in [6.45, 7) is 9.46. The average Bonchev–Trinajstić information content (AvgIpc) is 2.49. The van der Waals surface area contributed by atoms with E-state index in [1.54, 1.807) is 19.2 Å². The molecule has 0 aromatic carbocycles. The summed E-state index contributed by atoms with van der Waals surface area (Å²) in [5, 5.41) is 0. The molecule has 0 N–H and O–H groups in total. The zero-order valence-electron chi connectivity index (χ0n) is 12.1. The molecule has 0 fully saturated rings. The van der Waals surface area contributed by atoms with Crippen molar-refractivity contribution in [1.82, 2.24) is 4.31 Å². The number of nitrogens with zero attached hydrogens (tertiary/aromatic N) is 1. The molecule has 0 aromatic heterocycles. The first-order chi connectivity index (χ1) is 8.79. The molecular formula is C14H21NO3S. The highest BCUT2D eigenvalue weighted by atomic mass is 32.2. The molecule has 0 saturated heterocycles. The molecule has 1 atom stereocenters. The van der Waals surface area contributed by atoms with Crippen molar-refractivity contribution in [1.29, 1.82) is 0 Å². The molecule has 0 aliphatic carbocycles. The second-order valence-electron chi connectivity index (χ2n) is 5.14. The minimum atomic E-state index is -1.36. The van der Waals surface area contributed by atoms with Gasteiger partial charge in [0.05, 0.1) is 24.2 Å². The average molecular weight is 283 g/mol. The molecule has 4 nitrogen and oxygen atoms in total. The lowest BCUT2D eigenvalue weighted by molar-refractivity contribution is -0.139. The normalized spacial score (nSPS) is 17.5. The largest absolute Gasteiger partial charge is 0.592 e. The first kappa shape index (κ1) is 15.9. The molecule has 1 aliphatic rings. The molecule has 0 bridgehead atoms. The van der Waals surface area contributed by atoms with E-state index in [1.165, 1.54) is 4.31 Å². The molecule has 19 heavy (non-hydrogen) atoms. The maximum Gasteiger partial charge on any atom is 0.359 e. The molecule has 106 valence electrons. The lowest BCUT2D eigenvalue weighted by atomic mass is 10.2. The van der Waals surface area contributed by atoms with Crippen LogP contribution in [0.2, 0.25) is 0 Å². The highest BCUT2D eigenvalue weighted by molar-refractivity contribution is 7.90. The number of allylic oxidation sites excluding steroid dienone is 4. The third-order valence-electron chi connectivity index (χ3n) is 2.44. The van der Waals surface area contributed by atoms with E-state index in [2.05, 4.69) is 0 Å². The Labute approximate surface area is 118 Å². The molecule has 0 saturated carbocycles. The van der Waals surface area contributed by atoms with Crippen LogP contribution in [0.25, 0.3) is 0 Å². The van der Waals surface area contributed by atoms with E-state index in [9.17, 15) is 9.35 Å². The van der Waals surface area contributed by atoms with Gasteiger partial charge in [0.25, 0.3) is 0 Å². The summed E-state index contributed by atoms with van der Waals surface area (Å²) < 4.78 is 18.6. The monoisotopic (exact) mass is 283 g/mol. The van der Waals surface area contributed by atoms with Crippen molar-refractivity contribution in [2.24, 2.45) is 0 Å². The van der Waals surface area contributed by atoms with E-state index < -0.39 is 22.1 Å². The number of carbonyl (C=O) groups is 1. The van der Waals surface area contributed by atoms with E-state index in [0.29, 0.717) is 12.3 Å². The second kappa shape index (κ2) is 6.30. The summed E-state index contributed by atoms with van der Waals surface area (Å²) in [4.78, 5) is 12.1. The van der Waals surface area contributed by atoms with E-state index in [-0.39, 0.29) is 0 Å². The fourth-order valence-electron chi connectivity index (χ4n) is 1.54. The van der Waals surface area contributed by atoms with Gasteiger partial charge in [-0.05, 0) is 46.3 Å². The van der Waals surface area contributed by atoms with Gasteiger partial charge < -0.3 is 9.29 Å². The van der Waals surface area contributed by atoms with Gasteiger partial charge in [-0.25, -0.2) is 4.79 Å². The number of hydrogen-bond donors (Lipinski definition) is 0. The number of esters is 1. The van der Waals surface area contributed by atoms with Crippen LogP contribution in [0.15, 0.2) is 35.7 Å². The number of ether oxygens (including phenoxy) is 1. The third-order valence-corrected chi connectivity index (χ3v) is 4.15. The first-order valence-corrected chi connectivity index (χ1v) is 7.33. The molecule has 1 aliphatic heterocycles. The molecule has 0 radical (unpaired) electrons. The summed E-state index contributed by atoms with van der Waals surface area (Å²) in [7, 11) is 0. The minimum Gasteiger partial charge on any atom is -0.592 e. The third kappa shape index (κ3) is 3.88. The van der Waals surface area contributed by atoms with Crippen LogP contribution in [0, 0.1) is 0 Å². The summed E-state index contributed by atoms with van der Waals surface area (Å²) in [6.07, 6.45) is 7.04. The Bertz CT molecular complexity index is 432. The predicted octanol–water partition coefficient (Wildman–Crippen LogP) is 2.67. The van der Waals surface area contributed by atoms with Gasteiger partial charge in [0, 0.05) is 0 Å². The van der Waals surface area contributed by atoms with Crippen LogP contribution in [0.5, 0.6) is 0 Å². The Hall–Kier alpha value is -1.20. The number of hydrogen-bond acceptors (Lipinski definition) is 4. The van der Waals surface area contributed by atoms with E-state index in [0.717, 1.165) is 5.57 Å². The van der Waals surface area contributed by atoms with Crippen LogP contribution in [-0.4, -0.2) is 26.2 Å². The second-order valence-corrected chi connectivity index (χ2v) is 7.26. The van der Waals surface area contributed by atoms with Gasteiger partial charge in [-0.1, -0.05) is 12.2 Å². The van der Waals surface area contributed by atoms with Gasteiger partial charge in [0.15, 0.2) is 5.70 Å². The topological polar surface area (TPSA) is 52.6 Å². The molecule has 0 amide bonds. The molecule has 0 spiro atoms. The van der Waals surface area contributed by atoms with Crippen LogP contribution >= 0.6 is 0 Å². The van der Waals surface area contributed by atoms with Crippen molar-refractivity contribution in [3.8, 4) is 0 Å². The van der Waals surface area contributed by atoms with Gasteiger partial charge in [-0.3, -0.25) is 0 Å². The Kier molecular flexibility index (Phi) is 5.26. The van der Waals surface area contributed by atoms with E-state index >= 15 is 0 Å². The number of rotatable bonds is 3. The van der Waals surface area contributed by atoms with Crippen molar-refractivity contribution in [2.75, 3.05) is 6.61 Å². The smallest absolute Gasteiger partial charge is 0.359 e. The van der Waals surface area contributed by atoms with E-state index in [4.69, 9.17) is 4.74 Å². The summed E-state index contributed by atoms with van der Waals surface area (Å²) >= 11 is -1.36. The predicted molar refractivity (Wildman–Crippen MR) is 77.3 cm³/mol. The fourth-order valence-corrected chi connectivity index (χ4v) is 2.69. The summed E-state index contributed by atoms with van der Waals surface area (Å²) in [5.41, 5.74) is 1.07. The maximum atomic E-state index is 12.6. The summed E-state index contributed by atoms with van der Waals surface area (Å²) in [6, 6.07) is 0. The quantitative estimate of drug-likeness (QED) is 0.590. The SMILES string of the molecule is CCOC(=O)C1=C(C)C=CC=CN1[S@@+]([O-])C(C)(C)C. The van der Waals surface area contributed by atoms with Crippen molar-refractivity contribution in [3.63, 3.8) is 0 Å². The van der Waals surface area contributed by atoms with Crippen LogP contribution in [0.3, 0.4) is 0 Å². The lowest BCUT2D eigenvalue weighted by Gasteiger charge is -2.32. The Morgan fingerprint density at radius 3 is 2.58 bits per heavy atom. The Morgan fingerprint density at radius 1 is 1.42 bits per heavy atom. The Balaban J connectivity index is 3.19. The van der Waals surface area contributed by atoms with Gasteiger partial charge in [0.2, 0.25) is 0 Å². The summed E-state index contributed by atoms with van der Waals surface area (Å²) in [5.74, 6) is -0.450. The molecule has 1 rings (SSSR count). The molecule has 0 unspecified atom stereocenters. The van der Waals surface area contributed by atoms with Crippen LogP contribution < -0.4 is 0 Å². The fraction of sp³-hybridized carbons (Fsp3) is 0.500. The van der Waals surface area contributed by atoms with Gasteiger partial charge >= 0.3 is 5.97 Å².